The third-order valence-corrected chi connectivity index (χ3v) is 5.82. The summed E-state index contributed by atoms with van der Waals surface area (Å²) in [5.41, 5.74) is 1.22. The van der Waals surface area contributed by atoms with Crippen LogP contribution in [0.5, 0.6) is 11.5 Å². The van der Waals surface area contributed by atoms with Crippen molar-refractivity contribution in [2.24, 2.45) is 10.9 Å². The zero-order chi connectivity index (χ0) is 21.1. The molecule has 0 spiro atoms. The molecule has 0 radical (unpaired) electrons. The Balaban J connectivity index is 1.67. The van der Waals surface area contributed by atoms with Crippen LogP contribution in [0.3, 0.4) is 0 Å². The molecule has 0 amide bonds. The number of benzene rings is 1. The van der Waals surface area contributed by atoms with Gasteiger partial charge in [0.05, 0.1) is 14.2 Å². The first-order valence-electron chi connectivity index (χ1n) is 10.9. The van der Waals surface area contributed by atoms with Crippen LogP contribution in [0.2, 0.25) is 0 Å². The Kier molecular flexibility index (Phi) is 10.1. The average Bonchev–Trinajstić information content (AvgIpc) is 2.75. The molecule has 164 valence electrons. The average molecular weight is 405 g/mol. The van der Waals surface area contributed by atoms with Crippen molar-refractivity contribution < 1.29 is 9.47 Å². The lowest BCUT2D eigenvalue weighted by molar-refractivity contribution is 0.189. The van der Waals surface area contributed by atoms with Crippen LogP contribution in [-0.2, 0) is 6.42 Å². The first kappa shape index (κ1) is 23.3. The third kappa shape index (κ3) is 7.77. The number of methoxy groups -OCH3 is 2. The van der Waals surface area contributed by atoms with Gasteiger partial charge in [-0.1, -0.05) is 13.0 Å². The fourth-order valence-corrected chi connectivity index (χ4v) is 3.77. The Morgan fingerprint density at radius 3 is 2.55 bits per heavy atom. The number of unbranched alkanes of at least 4 members (excludes halogenated alkanes) is 1. The van der Waals surface area contributed by atoms with E-state index in [0.29, 0.717) is 0 Å². The van der Waals surface area contributed by atoms with Crippen molar-refractivity contribution in [3.8, 4) is 11.5 Å². The quantitative estimate of drug-likeness (QED) is 0.368. The van der Waals surface area contributed by atoms with Gasteiger partial charge in [0.15, 0.2) is 17.5 Å². The Morgan fingerprint density at radius 1 is 1.17 bits per heavy atom. The predicted molar refractivity (Wildman–Crippen MR) is 121 cm³/mol. The molecule has 0 aliphatic carbocycles. The van der Waals surface area contributed by atoms with Crippen LogP contribution >= 0.6 is 0 Å². The van der Waals surface area contributed by atoms with Crippen molar-refractivity contribution in [3.63, 3.8) is 0 Å². The molecular weight excluding hydrogens is 364 g/mol. The Bertz CT molecular complexity index is 627. The summed E-state index contributed by atoms with van der Waals surface area (Å²) in [6.45, 7) is 8.00. The minimum Gasteiger partial charge on any atom is -0.493 e. The Hall–Kier alpha value is -1.95. The molecule has 29 heavy (non-hydrogen) atoms. The standard InChI is InChI=1S/C23H40N4O2/c1-19-10-16-27(17-11-19)14-7-6-13-25-23(24-2)26(3)15-12-20-8-9-21(28-4)22(18-20)29-5/h8-9,18-19H,6-7,10-17H2,1-5H3,(H,24,25). The fourth-order valence-electron chi connectivity index (χ4n) is 3.77. The van der Waals surface area contributed by atoms with Crippen molar-refractivity contribution in [3.05, 3.63) is 23.8 Å². The van der Waals surface area contributed by atoms with Crippen molar-refractivity contribution in [2.45, 2.75) is 39.0 Å². The van der Waals surface area contributed by atoms with E-state index in [9.17, 15) is 0 Å². The van der Waals surface area contributed by atoms with Crippen LogP contribution < -0.4 is 14.8 Å². The van der Waals surface area contributed by atoms with Gasteiger partial charge in [-0.2, -0.15) is 0 Å². The SMILES string of the molecule is CN=C(NCCCCN1CCC(C)CC1)N(C)CCc1ccc(OC)c(OC)c1. The van der Waals surface area contributed by atoms with E-state index in [2.05, 4.69) is 40.1 Å². The minimum absolute atomic E-state index is 0.765. The van der Waals surface area contributed by atoms with E-state index in [1.54, 1.807) is 14.2 Å². The first-order valence-corrected chi connectivity index (χ1v) is 10.9. The Morgan fingerprint density at radius 2 is 1.90 bits per heavy atom. The van der Waals surface area contributed by atoms with Gasteiger partial charge in [0.25, 0.3) is 0 Å². The van der Waals surface area contributed by atoms with Crippen LogP contribution in [0.1, 0.15) is 38.2 Å². The molecule has 0 aromatic heterocycles. The molecule has 0 unspecified atom stereocenters. The van der Waals surface area contributed by atoms with Crippen LogP contribution in [0.4, 0.5) is 0 Å². The van der Waals surface area contributed by atoms with E-state index in [4.69, 9.17) is 9.47 Å². The van der Waals surface area contributed by atoms with Gasteiger partial charge >= 0.3 is 0 Å². The number of guanidine groups is 1. The van der Waals surface area contributed by atoms with Crippen LogP contribution in [0.15, 0.2) is 23.2 Å². The molecule has 1 aliphatic rings. The third-order valence-electron chi connectivity index (χ3n) is 5.82. The van der Waals surface area contributed by atoms with E-state index in [0.717, 1.165) is 42.9 Å². The molecule has 6 nitrogen and oxygen atoms in total. The summed E-state index contributed by atoms with van der Waals surface area (Å²) in [4.78, 5) is 9.23. The molecule has 6 heteroatoms. The van der Waals surface area contributed by atoms with Gasteiger partial charge in [-0.05, 0) is 75.4 Å². The maximum Gasteiger partial charge on any atom is 0.193 e. The predicted octanol–water partition coefficient (Wildman–Crippen LogP) is 3.27. The molecule has 1 aromatic rings. The summed E-state index contributed by atoms with van der Waals surface area (Å²) in [5.74, 6) is 3.41. The summed E-state index contributed by atoms with van der Waals surface area (Å²) in [6.07, 6.45) is 6.05. The van der Waals surface area contributed by atoms with E-state index in [1.807, 2.05) is 19.2 Å². The zero-order valence-electron chi connectivity index (χ0n) is 19.0. The normalized spacial score (nSPS) is 16.0. The summed E-state index contributed by atoms with van der Waals surface area (Å²) in [7, 11) is 7.27. The number of hydrogen-bond acceptors (Lipinski definition) is 4. The van der Waals surface area contributed by atoms with E-state index in [-0.39, 0.29) is 0 Å². The van der Waals surface area contributed by atoms with Crippen LogP contribution in [-0.4, -0.2) is 76.8 Å². The van der Waals surface area contributed by atoms with Gasteiger partial charge in [0, 0.05) is 27.2 Å². The minimum atomic E-state index is 0.765. The lowest BCUT2D eigenvalue weighted by Crippen LogP contribution is -2.40. The van der Waals surface area contributed by atoms with Crippen molar-refractivity contribution >= 4 is 5.96 Å². The van der Waals surface area contributed by atoms with E-state index >= 15 is 0 Å². The van der Waals surface area contributed by atoms with Gasteiger partial charge in [-0.15, -0.1) is 0 Å². The maximum absolute atomic E-state index is 5.40. The van der Waals surface area contributed by atoms with Crippen molar-refractivity contribution in [1.82, 2.24) is 15.1 Å². The summed E-state index contributed by atoms with van der Waals surface area (Å²) in [5, 5.41) is 3.50. The van der Waals surface area contributed by atoms with Crippen LogP contribution in [0, 0.1) is 5.92 Å². The monoisotopic (exact) mass is 404 g/mol. The number of likely N-dealkylation sites (N-methyl/N-ethyl adjacent to an activating group) is 1. The molecule has 2 rings (SSSR count). The Labute approximate surface area is 177 Å². The molecule has 0 saturated carbocycles. The summed E-state index contributed by atoms with van der Waals surface area (Å²) in [6, 6.07) is 6.10. The molecule has 0 atom stereocenters. The lowest BCUT2D eigenvalue weighted by Gasteiger charge is -2.30. The molecule has 0 bridgehead atoms. The highest BCUT2D eigenvalue weighted by atomic mass is 16.5. The molecule has 1 fully saturated rings. The number of hydrogen-bond donors (Lipinski definition) is 1. The number of aliphatic imine (C=N–C) groups is 1. The zero-order valence-corrected chi connectivity index (χ0v) is 19.0. The molecule has 1 heterocycles. The number of likely N-dealkylation sites (tertiary alicyclic amines) is 1. The van der Waals surface area contributed by atoms with Gasteiger partial charge in [-0.3, -0.25) is 4.99 Å². The van der Waals surface area contributed by atoms with Gasteiger partial charge in [-0.25, -0.2) is 0 Å². The van der Waals surface area contributed by atoms with Crippen molar-refractivity contribution in [2.75, 3.05) is 61.0 Å². The lowest BCUT2D eigenvalue weighted by atomic mass is 9.99. The number of piperidine rings is 1. The van der Waals surface area contributed by atoms with Crippen LogP contribution in [0.25, 0.3) is 0 Å². The summed E-state index contributed by atoms with van der Waals surface area (Å²) < 4.78 is 10.7. The highest BCUT2D eigenvalue weighted by Gasteiger charge is 2.14. The maximum atomic E-state index is 5.40. The number of nitrogens with one attached hydrogen (secondary N) is 1. The van der Waals surface area contributed by atoms with E-state index in [1.165, 1.54) is 50.9 Å². The summed E-state index contributed by atoms with van der Waals surface area (Å²) >= 11 is 0. The van der Waals surface area contributed by atoms with Gasteiger partial charge in [0.1, 0.15) is 0 Å². The highest BCUT2D eigenvalue weighted by molar-refractivity contribution is 5.79. The topological polar surface area (TPSA) is 49.3 Å². The molecule has 1 aliphatic heterocycles. The molecule has 1 aromatic carbocycles. The second-order valence-corrected chi connectivity index (χ2v) is 8.07. The second-order valence-electron chi connectivity index (χ2n) is 8.07. The number of rotatable bonds is 10. The van der Waals surface area contributed by atoms with Crippen molar-refractivity contribution in [1.29, 1.82) is 0 Å². The van der Waals surface area contributed by atoms with Gasteiger partial charge < -0.3 is 24.6 Å². The second kappa shape index (κ2) is 12.6. The highest BCUT2D eigenvalue weighted by Crippen LogP contribution is 2.27. The molecule has 1 N–H and O–H groups in total. The van der Waals surface area contributed by atoms with Gasteiger partial charge in [0.2, 0.25) is 0 Å². The molecular formula is C23H40N4O2. The first-order chi connectivity index (χ1) is 14.1. The fraction of sp³-hybridized carbons (Fsp3) is 0.696. The largest absolute Gasteiger partial charge is 0.493 e. The molecule has 1 saturated heterocycles. The smallest absolute Gasteiger partial charge is 0.193 e. The number of ether oxygens (including phenoxy) is 2. The number of nitrogens with zero attached hydrogens (tertiary/aromatic N) is 3. The van der Waals surface area contributed by atoms with E-state index < -0.39 is 0 Å².